The summed E-state index contributed by atoms with van der Waals surface area (Å²) >= 11 is 0. The zero-order valence-electron chi connectivity index (χ0n) is 17.4. The smallest absolute Gasteiger partial charge is 0.265 e. The van der Waals surface area contributed by atoms with Crippen LogP contribution < -0.4 is 9.46 Å². The van der Waals surface area contributed by atoms with Gasteiger partial charge in [-0.2, -0.15) is 0 Å². The quantitative estimate of drug-likeness (QED) is 0.481. The van der Waals surface area contributed by atoms with Gasteiger partial charge >= 0.3 is 0 Å². The molecule has 4 aromatic rings. The Morgan fingerprint density at radius 1 is 1.12 bits per heavy atom. The Labute approximate surface area is 184 Å². The molecule has 0 saturated carbocycles. The highest BCUT2D eigenvalue weighted by atomic mass is 32.2. The van der Waals surface area contributed by atoms with E-state index in [4.69, 9.17) is 4.74 Å². The van der Waals surface area contributed by atoms with Crippen molar-refractivity contribution in [3.63, 3.8) is 0 Å². The number of rotatable bonds is 6. The standard InChI is InChI=1S/C23H20FN3O4S/c1-15-9-18(24)12-19(10-15)32(29,30)26-23(28)16-7-8-21-20(11-16)25-14-27(21)13-17-5-3-4-6-22(17)31-2/h3-12,14H,13H2,1-2H3,(H,26,28). The average molecular weight is 453 g/mol. The lowest BCUT2D eigenvalue weighted by atomic mass is 10.1. The highest BCUT2D eigenvalue weighted by Crippen LogP contribution is 2.22. The van der Waals surface area contributed by atoms with Crippen LogP contribution in [0, 0.1) is 12.7 Å². The zero-order chi connectivity index (χ0) is 22.9. The molecule has 1 heterocycles. The van der Waals surface area contributed by atoms with Gasteiger partial charge in [-0.15, -0.1) is 0 Å². The Kier molecular flexibility index (Phi) is 5.67. The van der Waals surface area contributed by atoms with Gasteiger partial charge < -0.3 is 9.30 Å². The molecule has 3 aromatic carbocycles. The fraction of sp³-hybridized carbons (Fsp3) is 0.130. The molecular weight excluding hydrogens is 433 g/mol. The number of para-hydroxylation sites is 1. The average Bonchev–Trinajstić information content (AvgIpc) is 3.15. The van der Waals surface area contributed by atoms with Crippen molar-refractivity contribution in [2.75, 3.05) is 7.11 Å². The van der Waals surface area contributed by atoms with Gasteiger partial charge in [0.25, 0.3) is 15.9 Å². The molecule has 0 saturated heterocycles. The summed E-state index contributed by atoms with van der Waals surface area (Å²) in [5, 5.41) is 0. The number of carbonyl (C=O) groups is 1. The molecule has 0 unspecified atom stereocenters. The molecule has 0 spiro atoms. The van der Waals surface area contributed by atoms with Crippen molar-refractivity contribution in [3.05, 3.63) is 89.5 Å². The molecule has 32 heavy (non-hydrogen) atoms. The molecule has 0 atom stereocenters. The molecule has 0 aliphatic heterocycles. The molecule has 1 amide bonds. The van der Waals surface area contributed by atoms with Gasteiger partial charge in [-0.1, -0.05) is 18.2 Å². The third kappa shape index (κ3) is 4.33. The minimum Gasteiger partial charge on any atom is -0.496 e. The number of ether oxygens (including phenoxy) is 1. The number of sulfonamides is 1. The van der Waals surface area contributed by atoms with Crippen molar-refractivity contribution in [2.45, 2.75) is 18.4 Å². The number of halogens is 1. The number of aryl methyl sites for hydroxylation is 1. The zero-order valence-corrected chi connectivity index (χ0v) is 18.2. The first-order valence-electron chi connectivity index (χ1n) is 9.68. The van der Waals surface area contributed by atoms with Crippen molar-refractivity contribution in [1.82, 2.24) is 14.3 Å². The predicted molar refractivity (Wildman–Crippen MR) is 118 cm³/mol. The lowest BCUT2D eigenvalue weighted by Gasteiger charge is -2.10. The number of carbonyl (C=O) groups excluding carboxylic acids is 1. The molecule has 164 valence electrons. The lowest BCUT2D eigenvalue weighted by Crippen LogP contribution is -2.30. The molecule has 7 nitrogen and oxygen atoms in total. The number of methoxy groups -OCH3 is 1. The lowest BCUT2D eigenvalue weighted by molar-refractivity contribution is 0.0981. The molecule has 0 fully saturated rings. The first kappa shape index (κ1) is 21.5. The van der Waals surface area contributed by atoms with Gasteiger partial charge in [0.2, 0.25) is 0 Å². The molecule has 4 rings (SSSR count). The number of benzene rings is 3. The third-order valence-corrected chi connectivity index (χ3v) is 6.28. The van der Waals surface area contributed by atoms with Gasteiger partial charge in [0.15, 0.2) is 0 Å². The monoisotopic (exact) mass is 453 g/mol. The van der Waals surface area contributed by atoms with Gasteiger partial charge in [-0.05, 0) is 55.0 Å². The van der Waals surface area contributed by atoms with Crippen molar-refractivity contribution in [1.29, 1.82) is 0 Å². The maximum Gasteiger partial charge on any atom is 0.265 e. The fourth-order valence-electron chi connectivity index (χ4n) is 3.45. The van der Waals surface area contributed by atoms with Crippen LogP contribution in [-0.2, 0) is 16.6 Å². The summed E-state index contributed by atoms with van der Waals surface area (Å²) in [6.07, 6.45) is 1.64. The van der Waals surface area contributed by atoms with E-state index in [1.807, 2.05) is 33.6 Å². The summed E-state index contributed by atoms with van der Waals surface area (Å²) in [4.78, 5) is 16.6. The van der Waals surface area contributed by atoms with Crippen LogP contribution in [0.3, 0.4) is 0 Å². The van der Waals surface area contributed by atoms with Crippen molar-refractivity contribution >= 4 is 27.0 Å². The van der Waals surface area contributed by atoms with Gasteiger partial charge in [-0.25, -0.2) is 22.5 Å². The highest BCUT2D eigenvalue weighted by molar-refractivity contribution is 7.90. The molecule has 0 bridgehead atoms. The summed E-state index contributed by atoms with van der Waals surface area (Å²) in [6, 6.07) is 15.7. The summed E-state index contributed by atoms with van der Waals surface area (Å²) in [6.45, 7) is 2.08. The molecule has 1 N–H and O–H groups in total. The number of aromatic nitrogens is 2. The summed E-state index contributed by atoms with van der Waals surface area (Å²) < 4.78 is 47.9. The van der Waals surface area contributed by atoms with Gasteiger partial charge in [0.1, 0.15) is 11.6 Å². The number of imidazole rings is 1. The van der Waals surface area contributed by atoms with E-state index in [-0.39, 0.29) is 10.5 Å². The Morgan fingerprint density at radius 2 is 1.91 bits per heavy atom. The number of fused-ring (bicyclic) bond motifs is 1. The highest BCUT2D eigenvalue weighted by Gasteiger charge is 2.20. The molecule has 9 heteroatoms. The Bertz CT molecular complexity index is 1410. The first-order valence-corrected chi connectivity index (χ1v) is 11.2. The minimum absolute atomic E-state index is 0.122. The van der Waals surface area contributed by atoms with Crippen molar-refractivity contribution in [2.24, 2.45) is 0 Å². The Morgan fingerprint density at radius 3 is 2.66 bits per heavy atom. The number of nitrogens with one attached hydrogen (secondary N) is 1. The summed E-state index contributed by atoms with van der Waals surface area (Å²) in [5.74, 6) is -0.768. The molecule has 1 aromatic heterocycles. The van der Waals surface area contributed by atoms with Crippen molar-refractivity contribution < 1.29 is 22.3 Å². The van der Waals surface area contributed by atoms with Crippen LogP contribution in [0.2, 0.25) is 0 Å². The number of nitrogens with zero attached hydrogens (tertiary/aromatic N) is 2. The number of hydrogen-bond donors (Lipinski definition) is 1. The van der Waals surface area contributed by atoms with Gasteiger partial charge in [-0.3, -0.25) is 4.79 Å². The van der Waals surface area contributed by atoms with E-state index >= 15 is 0 Å². The van der Waals surface area contributed by atoms with Crippen LogP contribution in [0.4, 0.5) is 4.39 Å². The van der Waals surface area contributed by atoms with Crippen molar-refractivity contribution in [3.8, 4) is 5.75 Å². The van der Waals surface area contributed by atoms with Gasteiger partial charge in [0.05, 0.1) is 35.9 Å². The van der Waals surface area contributed by atoms with Crippen LogP contribution in [0.5, 0.6) is 5.75 Å². The van der Waals surface area contributed by atoms with E-state index in [0.717, 1.165) is 22.9 Å². The van der Waals surface area contributed by atoms with E-state index in [2.05, 4.69) is 4.98 Å². The number of hydrogen-bond acceptors (Lipinski definition) is 5. The maximum absolute atomic E-state index is 13.6. The fourth-order valence-corrected chi connectivity index (χ4v) is 4.53. The predicted octanol–water partition coefficient (Wildman–Crippen LogP) is 3.66. The topological polar surface area (TPSA) is 90.3 Å². The van der Waals surface area contributed by atoms with E-state index in [0.29, 0.717) is 17.6 Å². The minimum atomic E-state index is -4.23. The van der Waals surface area contributed by atoms with Crippen LogP contribution >= 0.6 is 0 Å². The third-order valence-electron chi connectivity index (χ3n) is 4.97. The summed E-state index contributed by atoms with van der Waals surface area (Å²) in [5.41, 5.74) is 2.83. The second-order valence-corrected chi connectivity index (χ2v) is 8.97. The van der Waals surface area contributed by atoms with Crippen LogP contribution in [0.15, 0.2) is 71.9 Å². The first-order chi connectivity index (χ1) is 15.3. The van der Waals surface area contributed by atoms with Gasteiger partial charge in [0, 0.05) is 11.1 Å². The largest absolute Gasteiger partial charge is 0.496 e. The molecular formula is C23H20FN3O4S. The second kappa shape index (κ2) is 8.43. The van der Waals surface area contributed by atoms with Crippen LogP contribution in [0.25, 0.3) is 11.0 Å². The summed E-state index contributed by atoms with van der Waals surface area (Å²) in [7, 11) is -2.62. The SMILES string of the molecule is COc1ccccc1Cn1cnc2cc(C(=O)NS(=O)(=O)c3cc(C)cc(F)c3)ccc21. The number of amides is 1. The second-order valence-electron chi connectivity index (χ2n) is 7.29. The Balaban J connectivity index is 1.58. The molecule has 0 radical (unpaired) electrons. The molecule has 0 aliphatic carbocycles. The molecule has 0 aliphatic rings. The Hall–Kier alpha value is -3.72. The van der Waals surface area contributed by atoms with E-state index < -0.39 is 21.7 Å². The normalized spacial score (nSPS) is 11.5. The maximum atomic E-state index is 13.6. The van der Waals surface area contributed by atoms with Crippen LogP contribution in [0.1, 0.15) is 21.5 Å². The van der Waals surface area contributed by atoms with E-state index in [1.165, 1.54) is 24.3 Å². The van der Waals surface area contributed by atoms with E-state index in [9.17, 15) is 17.6 Å². The van der Waals surface area contributed by atoms with Crippen LogP contribution in [-0.4, -0.2) is 31.0 Å². The van der Waals surface area contributed by atoms with E-state index in [1.54, 1.807) is 26.4 Å².